The molecule has 0 aromatic heterocycles. The van der Waals surface area contributed by atoms with Gasteiger partial charge in [0, 0.05) is 0 Å². The Bertz CT molecular complexity index is 427. The van der Waals surface area contributed by atoms with Crippen LogP contribution in [0.2, 0.25) is 0 Å². The highest BCUT2D eigenvalue weighted by Crippen LogP contribution is 2.30. The summed E-state index contributed by atoms with van der Waals surface area (Å²) in [6.07, 6.45) is -1.17. The Morgan fingerprint density at radius 2 is 1.85 bits per heavy atom. The second-order valence-electron chi connectivity index (χ2n) is 5.90. The van der Waals surface area contributed by atoms with E-state index in [1.54, 1.807) is 0 Å². The maximum absolute atomic E-state index is 11.0. The van der Waals surface area contributed by atoms with Crippen molar-refractivity contribution < 1.29 is 19.7 Å². The van der Waals surface area contributed by atoms with Gasteiger partial charge in [-0.25, -0.2) is 4.79 Å². The maximum Gasteiger partial charge on any atom is 0.405 e. The highest BCUT2D eigenvalue weighted by atomic mass is 16.5. The second-order valence-corrected chi connectivity index (χ2v) is 5.90. The molecule has 1 aromatic carbocycles. The lowest BCUT2D eigenvalue weighted by Gasteiger charge is -2.43. The number of aliphatic hydroxyl groups excluding tert-OH is 1. The highest BCUT2D eigenvalue weighted by Gasteiger charge is 2.43. The molecule has 0 aliphatic rings. The number of aliphatic hydroxyl groups is 1. The van der Waals surface area contributed by atoms with Crippen molar-refractivity contribution in [1.29, 1.82) is 0 Å². The van der Waals surface area contributed by atoms with E-state index >= 15 is 0 Å². The monoisotopic (exact) mass is 281 g/mol. The minimum absolute atomic E-state index is 0.105. The van der Waals surface area contributed by atoms with Crippen molar-refractivity contribution in [3.8, 4) is 0 Å². The van der Waals surface area contributed by atoms with Gasteiger partial charge in [0.15, 0.2) is 0 Å². The third-order valence-electron chi connectivity index (χ3n) is 3.51. The zero-order chi connectivity index (χ0) is 15.2. The van der Waals surface area contributed by atoms with E-state index in [1.807, 2.05) is 51.1 Å². The quantitative estimate of drug-likeness (QED) is 0.747. The summed E-state index contributed by atoms with van der Waals surface area (Å²) >= 11 is 0. The molecule has 112 valence electrons. The molecule has 5 heteroatoms. The molecule has 0 unspecified atom stereocenters. The average Bonchev–Trinajstić information content (AvgIpc) is 2.37. The van der Waals surface area contributed by atoms with Gasteiger partial charge in [0.25, 0.3) is 0 Å². The van der Waals surface area contributed by atoms with E-state index in [-0.39, 0.29) is 13.2 Å². The van der Waals surface area contributed by atoms with Crippen molar-refractivity contribution in [1.82, 2.24) is 5.32 Å². The van der Waals surface area contributed by atoms with Crippen LogP contribution in [0.25, 0.3) is 0 Å². The molecule has 0 aliphatic carbocycles. The first-order valence-electron chi connectivity index (χ1n) is 6.54. The first-order chi connectivity index (χ1) is 9.31. The number of amides is 1. The van der Waals surface area contributed by atoms with Crippen LogP contribution in [0.3, 0.4) is 0 Å². The van der Waals surface area contributed by atoms with Crippen molar-refractivity contribution in [2.24, 2.45) is 5.41 Å². The normalized spacial score (nSPS) is 14.6. The van der Waals surface area contributed by atoms with Crippen molar-refractivity contribution in [3.63, 3.8) is 0 Å². The lowest BCUT2D eigenvalue weighted by Crippen LogP contribution is -2.62. The van der Waals surface area contributed by atoms with Gasteiger partial charge in [0.1, 0.15) is 0 Å². The summed E-state index contributed by atoms with van der Waals surface area (Å²) in [5, 5.41) is 21.0. The second kappa shape index (κ2) is 6.72. The Morgan fingerprint density at radius 1 is 1.25 bits per heavy atom. The van der Waals surface area contributed by atoms with Gasteiger partial charge < -0.3 is 20.3 Å². The van der Waals surface area contributed by atoms with Crippen LogP contribution in [0.5, 0.6) is 0 Å². The smallest absolute Gasteiger partial charge is 0.405 e. The molecule has 0 saturated carbocycles. The molecule has 0 spiro atoms. The average molecular weight is 281 g/mol. The molecule has 1 atom stereocenters. The summed E-state index contributed by atoms with van der Waals surface area (Å²) in [6, 6.07) is 9.61. The molecule has 0 heterocycles. The first-order valence-corrected chi connectivity index (χ1v) is 6.54. The molecule has 0 radical (unpaired) electrons. The molecule has 1 rings (SSSR count). The molecule has 1 aromatic rings. The zero-order valence-electron chi connectivity index (χ0n) is 12.2. The number of hydrogen-bond donors (Lipinski definition) is 3. The highest BCUT2D eigenvalue weighted by molar-refractivity contribution is 5.66. The van der Waals surface area contributed by atoms with Crippen LogP contribution in [0.1, 0.15) is 26.3 Å². The number of ether oxygens (including phenoxy) is 1. The standard InChI is InChI=1S/C15H23NO4/c1-14(2,3)15(10-17,16-13(18)19)11-20-9-12-7-5-4-6-8-12/h4-8,16-17H,9-11H2,1-3H3,(H,18,19)/t15-/m0/s1. The lowest BCUT2D eigenvalue weighted by atomic mass is 9.74. The third kappa shape index (κ3) is 4.21. The fourth-order valence-electron chi connectivity index (χ4n) is 1.88. The fraction of sp³-hybridized carbons (Fsp3) is 0.533. The molecular formula is C15H23NO4. The van der Waals surface area contributed by atoms with E-state index in [1.165, 1.54) is 0 Å². The molecule has 0 saturated heterocycles. The third-order valence-corrected chi connectivity index (χ3v) is 3.51. The van der Waals surface area contributed by atoms with Gasteiger partial charge in [-0.05, 0) is 11.0 Å². The van der Waals surface area contributed by atoms with Crippen LogP contribution < -0.4 is 5.32 Å². The Balaban J connectivity index is 2.72. The summed E-state index contributed by atoms with van der Waals surface area (Å²) in [4.78, 5) is 11.0. The van der Waals surface area contributed by atoms with Crippen LogP contribution in [0.4, 0.5) is 4.79 Å². The van der Waals surface area contributed by atoms with Gasteiger partial charge in [-0.15, -0.1) is 0 Å². The minimum atomic E-state index is -1.17. The number of nitrogens with one attached hydrogen (secondary N) is 1. The maximum atomic E-state index is 11.0. The summed E-state index contributed by atoms with van der Waals surface area (Å²) in [5.74, 6) is 0. The van der Waals surface area contributed by atoms with E-state index in [9.17, 15) is 9.90 Å². The van der Waals surface area contributed by atoms with Crippen LogP contribution >= 0.6 is 0 Å². The first kappa shape index (κ1) is 16.5. The number of rotatable bonds is 6. The van der Waals surface area contributed by atoms with Gasteiger partial charge in [-0.3, -0.25) is 0 Å². The zero-order valence-corrected chi connectivity index (χ0v) is 12.2. The Labute approximate surface area is 119 Å². The van der Waals surface area contributed by atoms with Crippen molar-refractivity contribution in [2.45, 2.75) is 32.9 Å². The Hall–Kier alpha value is -1.59. The topological polar surface area (TPSA) is 78.8 Å². The predicted molar refractivity (Wildman–Crippen MR) is 76.5 cm³/mol. The van der Waals surface area contributed by atoms with E-state index in [0.717, 1.165) is 5.56 Å². The van der Waals surface area contributed by atoms with Crippen molar-refractivity contribution in [3.05, 3.63) is 35.9 Å². The van der Waals surface area contributed by atoms with Crippen molar-refractivity contribution in [2.75, 3.05) is 13.2 Å². The van der Waals surface area contributed by atoms with Crippen LogP contribution in [-0.4, -0.2) is 35.1 Å². The number of benzene rings is 1. The van der Waals surface area contributed by atoms with Gasteiger partial charge in [-0.1, -0.05) is 51.1 Å². The van der Waals surface area contributed by atoms with Gasteiger partial charge >= 0.3 is 6.09 Å². The van der Waals surface area contributed by atoms with E-state index in [2.05, 4.69) is 5.32 Å². The molecule has 5 nitrogen and oxygen atoms in total. The van der Waals surface area contributed by atoms with E-state index < -0.39 is 17.0 Å². The van der Waals surface area contributed by atoms with Gasteiger partial charge in [0.2, 0.25) is 0 Å². The number of carbonyl (C=O) groups is 1. The van der Waals surface area contributed by atoms with E-state index in [0.29, 0.717) is 6.61 Å². The fourth-order valence-corrected chi connectivity index (χ4v) is 1.88. The molecule has 3 N–H and O–H groups in total. The Morgan fingerprint density at radius 3 is 2.30 bits per heavy atom. The van der Waals surface area contributed by atoms with Crippen LogP contribution in [0, 0.1) is 5.41 Å². The largest absolute Gasteiger partial charge is 0.465 e. The summed E-state index contributed by atoms with van der Waals surface area (Å²) in [5.41, 5.74) is -0.506. The van der Waals surface area contributed by atoms with E-state index in [4.69, 9.17) is 9.84 Å². The Kier molecular flexibility index (Phi) is 5.53. The molecular weight excluding hydrogens is 258 g/mol. The molecule has 0 fully saturated rings. The molecule has 0 bridgehead atoms. The van der Waals surface area contributed by atoms with Crippen LogP contribution in [0.15, 0.2) is 30.3 Å². The van der Waals surface area contributed by atoms with Crippen LogP contribution in [-0.2, 0) is 11.3 Å². The minimum Gasteiger partial charge on any atom is -0.465 e. The summed E-state index contributed by atoms with van der Waals surface area (Å²) < 4.78 is 5.62. The van der Waals surface area contributed by atoms with Crippen molar-refractivity contribution >= 4 is 6.09 Å². The van der Waals surface area contributed by atoms with Gasteiger partial charge in [-0.2, -0.15) is 0 Å². The SMILES string of the molecule is CC(C)(C)[C@](CO)(COCc1ccccc1)NC(=O)O. The molecule has 20 heavy (non-hydrogen) atoms. The molecule has 0 aliphatic heterocycles. The number of carboxylic acid groups (broad SMARTS) is 1. The molecule has 1 amide bonds. The summed E-state index contributed by atoms with van der Waals surface area (Å²) in [7, 11) is 0. The summed E-state index contributed by atoms with van der Waals surface area (Å²) in [6.45, 7) is 5.76. The number of hydrogen-bond acceptors (Lipinski definition) is 3. The lowest BCUT2D eigenvalue weighted by molar-refractivity contribution is -0.0250. The predicted octanol–water partition coefficient (Wildman–Crippen LogP) is 2.25. The van der Waals surface area contributed by atoms with Gasteiger partial charge in [0.05, 0.1) is 25.4 Å².